The summed E-state index contributed by atoms with van der Waals surface area (Å²) in [6.45, 7) is 0. The molecule has 0 unspecified atom stereocenters. The minimum Gasteiger partial charge on any atom is -0.504 e. The highest BCUT2D eigenvalue weighted by molar-refractivity contribution is 7.94. The standard InChI is InChI=1S/C13H13NO8S2/c15-10-3-1-8(5-12(10)17)23(19,20)7-14-24(21,22)9-2-4-11(16)13(18)6-9/h1-6,14-18H,7H2. The van der Waals surface area contributed by atoms with Crippen LogP contribution in [0.25, 0.3) is 0 Å². The first-order valence-electron chi connectivity index (χ1n) is 6.29. The SMILES string of the molecule is O=S(=O)(CNS(=O)(=O)c1ccc(O)c(O)c1)c1ccc(O)c(O)c1. The van der Waals surface area contributed by atoms with Gasteiger partial charge in [0.1, 0.15) is 5.88 Å². The van der Waals surface area contributed by atoms with E-state index in [4.69, 9.17) is 10.2 Å². The van der Waals surface area contributed by atoms with Crippen LogP contribution in [0, 0.1) is 0 Å². The molecule has 11 heteroatoms. The van der Waals surface area contributed by atoms with Gasteiger partial charge in [0.15, 0.2) is 32.8 Å². The molecule has 0 fully saturated rings. The molecular weight excluding hydrogens is 362 g/mol. The number of rotatable bonds is 5. The van der Waals surface area contributed by atoms with Crippen molar-refractivity contribution in [1.82, 2.24) is 4.72 Å². The van der Waals surface area contributed by atoms with E-state index in [0.29, 0.717) is 0 Å². The lowest BCUT2D eigenvalue weighted by atomic mass is 10.3. The molecule has 0 spiro atoms. The van der Waals surface area contributed by atoms with E-state index >= 15 is 0 Å². The van der Waals surface area contributed by atoms with Crippen molar-refractivity contribution in [3.8, 4) is 23.0 Å². The summed E-state index contributed by atoms with van der Waals surface area (Å²) in [4.78, 5) is -0.837. The fourth-order valence-electron chi connectivity index (χ4n) is 1.69. The lowest BCUT2D eigenvalue weighted by Crippen LogP contribution is -2.29. The molecule has 2 rings (SSSR count). The van der Waals surface area contributed by atoms with E-state index in [1.807, 2.05) is 4.72 Å². The number of phenolic OH excluding ortho intramolecular Hbond substituents is 4. The van der Waals surface area contributed by atoms with Crippen molar-refractivity contribution >= 4 is 19.9 Å². The highest BCUT2D eigenvalue weighted by atomic mass is 32.2. The molecule has 0 heterocycles. The van der Waals surface area contributed by atoms with Gasteiger partial charge in [0.25, 0.3) is 0 Å². The third-order valence-corrected chi connectivity index (χ3v) is 6.08. The van der Waals surface area contributed by atoms with Gasteiger partial charge in [-0.3, -0.25) is 0 Å². The van der Waals surface area contributed by atoms with Crippen LogP contribution >= 0.6 is 0 Å². The molecule has 0 aliphatic heterocycles. The van der Waals surface area contributed by atoms with Crippen LogP contribution in [0.15, 0.2) is 46.2 Å². The average molecular weight is 375 g/mol. The molecule has 5 N–H and O–H groups in total. The molecule has 0 aromatic heterocycles. The number of sulfonamides is 1. The van der Waals surface area contributed by atoms with Gasteiger partial charge in [-0.15, -0.1) is 0 Å². The fourth-order valence-corrected chi connectivity index (χ4v) is 4.34. The van der Waals surface area contributed by atoms with Crippen LogP contribution in [0.2, 0.25) is 0 Å². The van der Waals surface area contributed by atoms with Crippen molar-refractivity contribution in [2.45, 2.75) is 9.79 Å². The van der Waals surface area contributed by atoms with Gasteiger partial charge >= 0.3 is 0 Å². The number of benzene rings is 2. The van der Waals surface area contributed by atoms with Gasteiger partial charge in [0.05, 0.1) is 9.79 Å². The normalized spacial score (nSPS) is 12.2. The first-order chi connectivity index (χ1) is 11.0. The number of aromatic hydroxyl groups is 4. The van der Waals surface area contributed by atoms with Gasteiger partial charge in [-0.1, -0.05) is 0 Å². The molecule has 2 aromatic rings. The number of sulfone groups is 1. The zero-order chi connectivity index (χ0) is 18.1. The van der Waals surface area contributed by atoms with Crippen LogP contribution in [-0.2, 0) is 19.9 Å². The minimum atomic E-state index is -4.27. The Hall–Kier alpha value is -2.50. The van der Waals surface area contributed by atoms with Crippen molar-refractivity contribution in [3.63, 3.8) is 0 Å². The summed E-state index contributed by atoms with van der Waals surface area (Å²) < 4.78 is 50.1. The summed E-state index contributed by atoms with van der Waals surface area (Å²) in [6.07, 6.45) is 0. The second-order valence-electron chi connectivity index (χ2n) is 4.71. The molecule has 0 atom stereocenters. The predicted octanol–water partition coefficient (Wildman–Crippen LogP) is 0.219. The second kappa shape index (κ2) is 6.19. The maximum absolute atomic E-state index is 12.1. The largest absolute Gasteiger partial charge is 0.504 e. The molecule has 0 radical (unpaired) electrons. The molecule has 0 aliphatic carbocycles. The van der Waals surface area contributed by atoms with Crippen molar-refractivity contribution < 1.29 is 37.3 Å². The third-order valence-electron chi connectivity index (χ3n) is 3.00. The average Bonchev–Trinajstić information content (AvgIpc) is 2.51. The third kappa shape index (κ3) is 3.69. The Labute approximate surface area is 137 Å². The van der Waals surface area contributed by atoms with E-state index in [9.17, 15) is 27.0 Å². The van der Waals surface area contributed by atoms with E-state index in [2.05, 4.69) is 0 Å². The summed E-state index contributed by atoms with van der Waals surface area (Å²) >= 11 is 0. The van der Waals surface area contributed by atoms with Crippen LogP contribution in [0.3, 0.4) is 0 Å². The molecule has 0 saturated carbocycles. The van der Waals surface area contributed by atoms with E-state index in [-0.39, 0.29) is 0 Å². The Bertz CT molecular complexity index is 902. The lowest BCUT2D eigenvalue weighted by molar-refractivity contribution is 0.402. The Morgan fingerprint density at radius 3 is 1.67 bits per heavy atom. The summed E-state index contributed by atoms with van der Waals surface area (Å²) in [7, 11) is -8.40. The smallest absolute Gasteiger partial charge is 0.241 e. The quantitative estimate of drug-likeness (QED) is 0.464. The first kappa shape index (κ1) is 17.8. The van der Waals surface area contributed by atoms with Crippen molar-refractivity contribution in [1.29, 1.82) is 0 Å². The molecule has 0 aliphatic rings. The predicted molar refractivity (Wildman–Crippen MR) is 81.9 cm³/mol. The van der Waals surface area contributed by atoms with Crippen LogP contribution < -0.4 is 4.72 Å². The van der Waals surface area contributed by atoms with Gasteiger partial charge in [0.2, 0.25) is 10.0 Å². The zero-order valence-corrected chi connectivity index (χ0v) is 13.5. The molecule has 2 aromatic carbocycles. The molecule has 24 heavy (non-hydrogen) atoms. The molecular formula is C13H13NO8S2. The van der Waals surface area contributed by atoms with E-state index in [0.717, 1.165) is 36.4 Å². The molecule has 9 nitrogen and oxygen atoms in total. The van der Waals surface area contributed by atoms with Gasteiger partial charge < -0.3 is 20.4 Å². The van der Waals surface area contributed by atoms with Crippen molar-refractivity contribution in [3.05, 3.63) is 36.4 Å². The number of phenols is 4. The van der Waals surface area contributed by atoms with Crippen LogP contribution in [0.4, 0.5) is 0 Å². The summed E-state index contributed by atoms with van der Waals surface area (Å²) in [6, 6.07) is 5.43. The Morgan fingerprint density at radius 2 is 1.17 bits per heavy atom. The number of hydrogen-bond donors (Lipinski definition) is 5. The lowest BCUT2D eigenvalue weighted by Gasteiger charge is -2.09. The number of nitrogens with one attached hydrogen (secondary N) is 1. The highest BCUT2D eigenvalue weighted by Crippen LogP contribution is 2.28. The number of hydrogen-bond acceptors (Lipinski definition) is 8. The van der Waals surface area contributed by atoms with Crippen LogP contribution in [0.5, 0.6) is 23.0 Å². The Balaban J connectivity index is 2.24. The summed E-state index contributed by atoms with van der Waals surface area (Å²) in [5.41, 5.74) is 0. The Kier molecular flexibility index (Phi) is 4.60. The van der Waals surface area contributed by atoms with Gasteiger partial charge in [-0.25, -0.2) is 16.8 Å². The van der Waals surface area contributed by atoms with E-state index in [1.165, 1.54) is 0 Å². The van der Waals surface area contributed by atoms with Crippen molar-refractivity contribution in [2.75, 3.05) is 5.88 Å². The minimum absolute atomic E-state index is 0.394. The van der Waals surface area contributed by atoms with Gasteiger partial charge in [-0.05, 0) is 24.3 Å². The van der Waals surface area contributed by atoms with E-state index < -0.39 is 58.5 Å². The molecule has 0 saturated heterocycles. The molecule has 130 valence electrons. The monoisotopic (exact) mass is 375 g/mol. The second-order valence-corrected chi connectivity index (χ2v) is 8.46. The maximum Gasteiger partial charge on any atom is 0.241 e. The van der Waals surface area contributed by atoms with E-state index in [1.54, 1.807) is 0 Å². The van der Waals surface area contributed by atoms with Gasteiger partial charge in [0, 0.05) is 12.1 Å². The zero-order valence-electron chi connectivity index (χ0n) is 11.9. The fraction of sp³-hybridized carbons (Fsp3) is 0.0769. The topological polar surface area (TPSA) is 161 Å². The Morgan fingerprint density at radius 1 is 0.708 bits per heavy atom. The summed E-state index contributed by atoms with van der Waals surface area (Å²) in [5, 5.41) is 37.0. The van der Waals surface area contributed by atoms with Crippen LogP contribution in [-0.4, -0.2) is 43.1 Å². The van der Waals surface area contributed by atoms with Gasteiger partial charge in [-0.2, -0.15) is 4.72 Å². The summed E-state index contributed by atoms with van der Waals surface area (Å²) in [5.74, 6) is -3.40. The van der Waals surface area contributed by atoms with Crippen molar-refractivity contribution in [2.24, 2.45) is 0 Å². The molecule has 0 amide bonds. The molecule has 0 bridgehead atoms. The maximum atomic E-state index is 12.1. The first-order valence-corrected chi connectivity index (χ1v) is 9.43. The van der Waals surface area contributed by atoms with Crippen LogP contribution in [0.1, 0.15) is 0 Å². The highest BCUT2D eigenvalue weighted by Gasteiger charge is 2.22.